The predicted octanol–water partition coefficient (Wildman–Crippen LogP) is 2.43. The molecule has 1 aliphatic heterocycles. The van der Waals surface area contributed by atoms with E-state index in [2.05, 4.69) is 49.4 Å². The van der Waals surface area contributed by atoms with Crippen LogP contribution in [0.5, 0.6) is 0 Å². The molecule has 0 aliphatic carbocycles. The van der Waals surface area contributed by atoms with Crippen molar-refractivity contribution in [2.45, 2.75) is 32.4 Å². The third kappa shape index (κ3) is 7.87. The molecular formula is C22H33N5O2. The van der Waals surface area contributed by atoms with E-state index in [-0.39, 0.29) is 0 Å². The SMILES string of the molecule is CN=C(NCCCOCC1CCOCC1)NCc1ccc(Cn2ccnc2)cc1. The van der Waals surface area contributed by atoms with Crippen LogP contribution in [0.4, 0.5) is 0 Å². The van der Waals surface area contributed by atoms with Gasteiger partial charge < -0.3 is 24.7 Å². The highest BCUT2D eigenvalue weighted by Crippen LogP contribution is 2.14. The quantitative estimate of drug-likeness (QED) is 0.365. The Balaban J connectivity index is 1.27. The van der Waals surface area contributed by atoms with E-state index in [0.29, 0.717) is 5.92 Å². The van der Waals surface area contributed by atoms with E-state index in [0.717, 1.165) is 71.3 Å². The van der Waals surface area contributed by atoms with Gasteiger partial charge in [-0.25, -0.2) is 4.98 Å². The van der Waals surface area contributed by atoms with Crippen LogP contribution in [-0.2, 0) is 22.6 Å². The van der Waals surface area contributed by atoms with Gasteiger partial charge in [-0.05, 0) is 36.3 Å². The number of ether oxygens (including phenoxy) is 2. The highest BCUT2D eigenvalue weighted by molar-refractivity contribution is 5.79. The van der Waals surface area contributed by atoms with Crippen molar-refractivity contribution < 1.29 is 9.47 Å². The van der Waals surface area contributed by atoms with Gasteiger partial charge in [0.15, 0.2) is 5.96 Å². The summed E-state index contributed by atoms with van der Waals surface area (Å²) in [6.45, 7) is 5.82. The van der Waals surface area contributed by atoms with E-state index < -0.39 is 0 Å². The minimum atomic E-state index is 0.664. The molecule has 1 fully saturated rings. The summed E-state index contributed by atoms with van der Waals surface area (Å²) in [5.74, 6) is 1.48. The maximum Gasteiger partial charge on any atom is 0.191 e. The summed E-state index contributed by atoms with van der Waals surface area (Å²) in [6, 6.07) is 8.61. The fraction of sp³-hybridized carbons (Fsp3) is 0.545. The minimum Gasteiger partial charge on any atom is -0.381 e. The van der Waals surface area contributed by atoms with Crippen LogP contribution < -0.4 is 10.6 Å². The fourth-order valence-electron chi connectivity index (χ4n) is 3.30. The summed E-state index contributed by atoms with van der Waals surface area (Å²) < 4.78 is 13.2. The highest BCUT2D eigenvalue weighted by Gasteiger charge is 2.13. The Labute approximate surface area is 173 Å². The van der Waals surface area contributed by atoms with Gasteiger partial charge in [-0.15, -0.1) is 0 Å². The molecule has 0 saturated carbocycles. The Morgan fingerprint density at radius 1 is 1.21 bits per heavy atom. The topological polar surface area (TPSA) is 72.7 Å². The predicted molar refractivity (Wildman–Crippen MR) is 115 cm³/mol. The van der Waals surface area contributed by atoms with Gasteiger partial charge in [0.05, 0.1) is 6.33 Å². The van der Waals surface area contributed by atoms with Gasteiger partial charge in [-0.1, -0.05) is 24.3 Å². The van der Waals surface area contributed by atoms with Crippen LogP contribution in [0.2, 0.25) is 0 Å². The number of hydrogen-bond donors (Lipinski definition) is 2. The number of aromatic nitrogens is 2. The first kappa shape index (κ1) is 21.3. The van der Waals surface area contributed by atoms with Crippen molar-refractivity contribution in [1.29, 1.82) is 0 Å². The van der Waals surface area contributed by atoms with Crippen molar-refractivity contribution in [2.75, 3.05) is 40.0 Å². The van der Waals surface area contributed by atoms with E-state index in [1.165, 1.54) is 11.1 Å². The molecular weight excluding hydrogens is 366 g/mol. The molecule has 1 saturated heterocycles. The summed E-state index contributed by atoms with van der Waals surface area (Å²) in [4.78, 5) is 8.37. The van der Waals surface area contributed by atoms with Gasteiger partial charge >= 0.3 is 0 Å². The Bertz CT molecular complexity index is 709. The molecule has 7 heteroatoms. The smallest absolute Gasteiger partial charge is 0.191 e. The molecule has 0 bridgehead atoms. The van der Waals surface area contributed by atoms with Crippen LogP contribution in [0.3, 0.4) is 0 Å². The lowest BCUT2D eigenvalue weighted by atomic mass is 10.0. The molecule has 0 unspecified atom stereocenters. The number of guanidine groups is 1. The summed E-state index contributed by atoms with van der Waals surface area (Å²) in [6.07, 6.45) is 8.82. The van der Waals surface area contributed by atoms with E-state index in [1.54, 1.807) is 13.2 Å². The number of nitrogens with zero attached hydrogens (tertiary/aromatic N) is 3. The molecule has 1 aliphatic rings. The fourth-order valence-corrected chi connectivity index (χ4v) is 3.30. The van der Waals surface area contributed by atoms with Gasteiger partial charge in [0.1, 0.15) is 0 Å². The molecule has 158 valence electrons. The van der Waals surface area contributed by atoms with Crippen LogP contribution >= 0.6 is 0 Å². The van der Waals surface area contributed by atoms with Crippen molar-refractivity contribution in [3.63, 3.8) is 0 Å². The highest BCUT2D eigenvalue weighted by atomic mass is 16.5. The molecule has 2 N–H and O–H groups in total. The van der Waals surface area contributed by atoms with Gasteiger partial charge in [0.2, 0.25) is 0 Å². The Morgan fingerprint density at radius 3 is 2.72 bits per heavy atom. The van der Waals surface area contributed by atoms with Crippen molar-refractivity contribution in [3.05, 3.63) is 54.1 Å². The Morgan fingerprint density at radius 2 is 2.00 bits per heavy atom. The maximum absolute atomic E-state index is 5.80. The average molecular weight is 400 g/mol. The third-order valence-corrected chi connectivity index (χ3v) is 5.08. The third-order valence-electron chi connectivity index (χ3n) is 5.08. The maximum atomic E-state index is 5.80. The zero-order chi connectivity index (χ0) is 20.2. The Hall–Kier alpha value is -2.38. The minimum absolute atomic E-state index is 0.664. The van der Waals surface area contributed by atoms with Gasteiger partial charge in [-0.3, -0.25) is 4.99 Å². The molecule has 29 heavy (non-hydrogen) atoms. The second-order valence-corrected chi connectivity index (χ2v) is 7.39. The molecule has 2 heterocycles. The molecule has 0 amide bonds. The summed E-state index contributed by atoms with van der Waals surface area (Å²) in [5, 5.41) is 6.71. The monoisotopic (exact) mass is 399 g/mol. The number of aliphatic imine (C=N–C) groups is 1. The molecule has 0 spiro atoms. The van der Waals surface area contributed by atoms with E-state index in [9.17, 15) is 0 Å². The second-order valence-electron chi connectivity index (χ2n) is 7.39. The molecule has 3 rings (SSSR count). The summed E-state index contributed by atoms with van der Waals surface area (Å²) in [7, 11) is 1.80. The standard InChI is InChI=1S/C22H33N5O2/c1-23-22(25-9-2-12-29-17-21-7-13-28-14-8-21)26-15-19-3-5-20(6-4-19)16-27-11-10-24-18-27/h3-6,10-11,18,21H,2,7-9,12-17H2,1H3,(H2,23,25,26). The largest absolute Gasteiger partial charge is 0.381 e. The van der Waals surface area contributed by atoms with Gasteiger partial charge in [0, 0.05) is 65.5 Å². The first-order valence-corrected chi connectivity index (χ1v) is 10.5. The lowest BCUT2D eigenvalue weighted by Crippen LogP contribution is -2.37. The van der Waals surface area contributed by atoms with Crippen molar-refractivity contribution in [1.82, 2.24) is 20.2 Å². The normalized spacial score (nSPS) is 15.4. The number of benzene rings is 1. The number of imidazole rings is 1. The Kier molecular flexibility index (Phi) is 9.00. The van der Waals surface area contributed by atoms with Gasteiger partial charge in [-0.2, -0.15) is 0 Å². The average Bonchev–Trinajstić information content (AvgIpc) is 3.27. The van der Waals surface area contributed by atoms with Crippen LogP contribution in [-0.4, -0.2) is 55.5 Å². The number of rotatable bonds is 10. The van der Waals surface area contributed by atoms with Crippen LogP contribution in [0.15, 0.2) is 48.0 Å². The van der Waals surface area contributed by atoms with Crippen molar-refractivity contribution >= 4 is 5.96 Å². The van der Waals surface area contributed by atoms with E-state index in [4.69, 9.17) is 9.47 Å². The number of hydrogen-bond acceptors (Lipinski definition) is 4. The molecule has 7 nitrogen and oxygen atoms in total. The van der Waals surface area contributed by atoms with Crippen molar-refractivity contribution in [3.8, 4) is 0 Å². The van der Waals surface area contributed by atoms with E-state index in [1.807, 2.05) is 12.5 Å². The lowest BCUT2D eigenvalue weighted by Gasteiger charge is -2.21. The first-order valence-electron chi connectivity index (χ1n) is 10.5. The number of nitrogens with one attached hydrogen (secondary N) is 2. The van der Waals surface area contributed by atoms with E-state index >= 15 is 0 Å². The summed E-state index contributed by atoms with van der Waals surface area (Å²) in [5.41, 5.74) is 2.48. The van der Waals surface area contributed by atoms with Gasteiger partial charge in [0.25, 0.3) is 0 Å². The van der Waals surface area contributed by atoms with Crippen LogP contribution in [0.1, 0.15) is 30.4 Å². The molecule has 1 aromatic carbocycles. The molecule has 0 atom stereocenters. The summed E-state index contributed by atoms with van der Waals surface area (Å²) >= 11 is 0. The molecule has 0 radical (unpaired) electrons. The van der Waals surface area contributed by atoms with Crippen molar-refractivity contribution in [2.24, 2.45) is 10.9 Å². The van der Waals surface area contributed by atoms with Crippen LogP contribution in [0, 0.1) is 5.92 Å². The zero-order valence-corrected chi connectivity index (χ0v) is 17.3. The van der Waals surface area contributed by atoms with Crippen LogP contribution in [0.25, 0.3) is 0 Å². The molecule has 2 aromatic rings. The zero-order valence-electron chi connectivity index (χ0n) is 17.3. The lowest BCUT2D eigenvalue weighted by molar-refractivity contribution is 0.0203. The first-order chi connectivity index (χ1) is 14.3. The second kappa shape index (κ2) is 12.2. The molecule has 1 aromatic heterocycles.